The molecule has 0 saturated carbocycles. The second kappa shape index (κ2) is 3.96. The van der Waals surface area contributed by atoms with Gasteiger partial charge >= 0.3 is 0 Å². The van der Waals surface area contributed by atoms with E-state index in [1.54, 1.807) is 0 Å². The van der Waals surface area contributed by atoms with E-state index in [4.69, 9.17) is 0 Å². The first kappa shape index (κ1) is 9.46. The average molecular weight is 191 g/mol. The molecule has 1 aliphatic rings. The van der Waals surface area contributed by atoms with E-state index in [1.807, 2.05) is 6.92 Å². The first-order chi connectivity index (χ1) is 6.75. The Kier molecular flexibility index (Phi) is 2.68. The molecule has 3 nitrogen and oxygen atoms in total. The van der Waals surface area contributed by atoms with Gasteiger partial charge in [0.1, 0.15) is 0 Å². The highest BCUT2D eigenvalue weighted by atomic mass is 15.0. The summed E-state index contributed by atoms with van der Waals surface area (Å²) >= 11 is 0. The predicted octanol–water partition coefficient (Wildman–Crippen LogP) is 1.47. The van der Waals surface area contributed by atoms with Crippen molar-refractivity contribution < 1.29 is 0 Å². The first-order valence-electron chi connectivity index (χ1n) is 5.17. The van der Waals surface area contributed by atoms with E-state index in [1.165, 1.54) is 12.1 Å². The van der Waals surface area contributed by atoms with E-state index in [0.717, 1.165) is 24.5 Å². The Morgan fingerprint density at radius 2 is 2.29 bits per heavy atom. The van der Waals surface area contributed by atoms with Gasteiger partial charge in [0.15, 0.2) is 0 Å². The van der Waals surface area contributed by atoms with Gasteiger partial charge in [0.05, 0.1) is 11.4 Å². The van der Waals surface area contributed by atoms with Crippen LogP contribution in [0.25, 0.3) is 0 Å². The zero-order valence-electron chi connectivity index (χ0n) is 8.80. The van der Waals surface area contributed by atoms with Crippen LogP contribution in [-0.4, -0.2) is 24.1 Å². The Balaban J connectivity index is 2.08. The number of aromatic nitrogens is 1. The van der Waals surface area contributed by atoms with Crippen LogP contribution in [-0.2, 0) is 0 Å². The zero-order chi connectivity index (χ0) is 9.97. The Labute approximate surface area is 84.9 Å². The van der Waals surface area contributed by atoms with Crippen molar-refractivity contribution >= 4 is 5.69 Å². The summed E-state index contributed by atoms with van der Waals surface area (Å²) in [6.45, 7) is 6.26. The monoisotopic (exact) mass is 191 g/mol. The van der Waals surface area contributed by atoms with Crippen molar-refractivity contribution in [3.05, 3.63) is 23.5 Å². The molecule has 0 aromatic carbocycles. The highest BCUT2D eigenvalue weighted by Gasteiger charge is 2.14. The maximum atomic E-state index is 4.43. The number of hydrogen-bond donors (Lipinski definition) is 2. The lowest BCUT2D eigenvalue weighted by Gasteiger charge is -2.14. The van der Waals surface area contributed by atoms with Gasteiger partial charge in [-0.1, -0.05) is 0 Å². The molecule has 1 aromatic heterocycles. The van der Waals surface area contributed by atoms with Crippen LogP contribution in [0.4, 0.5) is 5.69 Å². The second-order valence-electron chi connectivity index (χ2n) is 3.92. The fourth-order valence-electron chi connectivity index (χ4n) is 1.84. The summed E-state index contributed by atoms with van der Waals surface area (Å²) in [6.07, 6.45) is 1.20. The SMILES string of the molecule is Cc1ccc(NC2CCNC2)c(C)n1. The number of pyridine rings is 1. The predicted molar refractivity (Wildman–Crippen MR) is 58.6 cm³/mol. The summed E-state index contributed by atoms with van der Waals surface area (Å²) in [5.41, 5.74) is 3.35. The third kappa shape index (κ3) is 2.04. The molecule has 1 atom stereocenters. The molecule has 0 amide bonds. The number of rotatable bonds is 2. The second-order valence-corrected chi connectivity index (χ2v) is 3.92. The Bertz CT molecular complexity index is 316. The van der Waals surface area contributed by atoms with Crippen LogP contribution in [0.1, 0.15) is 17.8 Å². The highest BCUT2D eigenvalue weighted by molar-refractivity contribution is 5.48. The maximum Gasteiger partial charge on any atom is 0.0606 e. The molecule has 76 valence electrons. The van der Waals surface area contributed by atoms with Crippen molar-refractivity contribution in [2.75, 3.05) is 18.4 Å². The third-order valence-corrected chi connectivity index (χ3v) is 2.64. The molecule has 1 unspecified atom stereocenters. The topological polar surface area (TPSA) is 37.0 Å². The lowest BCUT2D eigenvalue weighted by Crippen LogP contribution is -2.22. The standard InChI is InChI=1S/C11H17N3/c1-8-3-4-11(9(2)13-8)14-10-5-6-12-7-10/h3-4,10,12,14H,5-7H2,1-2H3. The van der Waals surface area contributed by atoms with Gasteiger partial charge in [-0.15, -0.1) is 0 Å². The molecule has 14 heavy (non-hydrogen) atoms. The van der Waals surface area contributed by atoms with Gasteiger partial charge in [0.25, 0.3) is 0 Å². The van der Waals surface area contributed by atoms with Gasteiger partial charge in [-0.05, 0) is 38.9 Å². The van der Waals surface area contributed by atoms with Gasteiger partial charge < -0.3 is 10.6 Å². The molecule has 1 aliphatic heterocycles. The summed E-state index contributed by atoms with van der Waals surface area (Å²) in [6, 6.07) is 4.74. The van der Waals surface area contributed by atoms with Gasteiger partial charge in [0.2, 0.25) is 0 Å². The summed E-state index contributed by atoms with van der Waals surface area (Å²) < 4.78 is 0. The molecule has 3 heteroatoms. The molecular formula is C11H17N3. The molecule has 2 rings (SSSR count). The minimum Gasteiger partial charge on any atom is -0.380 e. The van der Waals surface area contributed by atoms with Crippen LogP contribution in [0, 0.1) is 13.8 Å². The lowest BCUT2D eigenvalue weighted by atomic mass is 10.2. The van der Waals surface area contributed by atoms with E-state index in [9.17, 15) is 0 Å². The molecule has 0 radical (unpaired) electrons. The van der Waals surface area contributed by atoms with Crippen molar-refractivity contribution in [2.24, 2.45) is 0 Å². The van der Waals surface area contributed by atoms with Crippen LogP contribution >= 0.6 is 0 Å². The van der Waals surface area contributed by atoms with Gasteiger partial charge in [-0.3, -0.25) is 4.98 Å². The Hall–Kier alpha value is -1.09. The van der Waals surface area contributed by atoms with Crippen LogP contribution in [0.5, 0.6) is 0 Å². The maximum absolute atomic E-state index is 4.43. The molecule has 0 aliphatic carbocycles. The Morgan fingerprint density at radius 3 is 2.93 bits per heavy atom. The molecule has 1 saturated heterocycles. The zero-order valence-corrected chi connectivity index (χ0v) is 8.80. The minimum atomic E-state index is 0.568. The molecule has 0 spiro atoms. The van der Waals surface area contributed by atoms with E-state index in [0.29, 0.717) is 6.04 Å². The van der Waals surface area contributed by atoms with Crippen molar-refractivity contribution in [1.29, 1.82) is 0 Å². The number of nitrogens with one attached hydrogen (secondary N) is 2. The normalized spacial score (nSPS) is 21.1. The van der Waals surface area contributed by atoms with Crippen molar-refractivity contribution in [3.63, 3.8) is 0 Å². The summed E-state index contributed by atoms with van der Waals surface area (Å²) in [7, 11) is 0. The number of hydrogen-bond acceptors (Lipinski definition) is 3. The van der Waals surface area contributed by atoms with Gasteiger partial charge in [-0.25, -0.2) is 0 Å². The van der Waals surface area contributed by atoms with Crippen LogP contribution in [0.2, 0.25) is 0 Å². The summed E-state index contributed by atoms with van der Waals surface area (Å²) in [5, 5.41) is 6.85. The summed E-state index contributed by atoms with van der Waals surface area (Å²) in [5.74, 6) is 0. The van der Waals surface area contributed by atoms with Gasteiger partial charge in [-0.2, -0.15) is 0 Å². The summed E-state index contributed by atoms with van der Waals surface area (Å²) in [4.78, 5) is 4.43. The van der Waals surface area contributed by atoms with Crippen LogP contribution in [0.15, 0.2) is 12.1 Å². The fourth-order valence-corrected chi connectivity index (χ4v) is 1.84. The van der Waals surface area contributed by atoms with E-state index in [2.05, 4.69) is 34.7 Å². The molecule has 1 aromatic rings. The van der Waals surface area contributed by atoms with E-state index in [-0.39, 0.29) is 0 Å². The van der Waals surface area contributed by atoms with Crippen molar-refractivity contribution in [2.45, 2.75) is 26.3 Å². The van der Waals surface area contributed by atoms with E-state index >= 15 is 0 Å². The molecule has 1 fully saturated rings. The smallest absolute Gasteiger partial charge is 0.0606 e. The number of anilines is 1. The Morgan fingerprint density at radius 1 is 1.43 bits per heavy atom. The molecule has 2 N–H and O–H groups in total. The molecule has 0 bridgehead atoms. The largest absolute Gasteiger partial charge is 0.380 e. The number of aryl methyl sites for hydroxylation is 2. The van der Waals surface area contributed by atoms with E-state index < -0.39 is 0 Å². The number of nitrogens with zero attached hydrogens (tertiary/aromatic N) is 1. The quantitative estimate of drug-likeness (QED) is 0.743. The van der Waals surface area contributed by atoms with Crippen LogP contribution < -0.4 is 10.6 Å². The first-order valence-corrected chi connectivity index (χ1v) is 5.17. The highest BCUT2D eigenvalue weighted by Crippen LogP contribution is 2.15. The minimum absolute atomic E-state index is 0.568. The van der Waals surface area contributed by atoms with Crippen LogP contribution in [0.3, 0.4) is 0 Å². The van der Waals surface area contributed by atoms with Crippen molar-refractivity contribution in [1.82, 2.24) is 10.3 Å². The van der Waals surface area contributed by atoms with Crippen molar-refractivity contribution in [3.8, 4) is 0 Å². The molecular weight excluding hydrogens is 174 g/mol. The lowest BCUT2D eigenvalue weighted by molar-refractivity contribution is 0.790. The fraction of sp³-hybridized carbons (Fsp3) is 0.545. The molecule has 2 heterocycles. The average Bonchev–Trinajstić information content (AvgIpc) is 2.62. The van der Waals surface area contributed by atoms with Gasteiger partial charge in [0, 0.05) is 18.3 Å². The third-order valence-electron chi connectivity index (χ3n) is 2.64.